The van der Waals surface area contributed by atoms with E-state index < -0.39 is 23.7 Å². The molecule has 2 aliphatic rings. The number of benzene rings is 1. The third kappa shape index (κ3) is 3.16. The van der Waals surface area contributed by atoms with Gasteiger partial charge < -0.3 is 14.2 Å². The number of rotatable bonds is 2. The van der Waals surface area contributed by atoms with Crippen molar-refractivity contribution in [3.05, 3.63) is 59.2 Å². The molecule has 0 N–H and O–H groups in total. The molecular formula is C20H17F3N6O2. The van der Waals surface area contributed by atoms with Gasteiger partial charge in [0.25, 0.3) is 5.91 Å². The summed E-state index contributed by atoms with van der Waals surface area (Å²) < 4.78 is 47.5. The zero-order valence-corrected chi connectivity index (χ0v) is 16.4. The molecule has 1 saturated heterocycles. The van der Waals surface area contributed by atoms with Gasteiger partial charge in [-0.15, -0.1) is 10.2 Å². The molecule has 0 radical (unpaired) electrons. The molecule has 2 unspecified atom stereocenters. The van der Waals surface area contributed by atoms with Crippen LogP contribution >= 0.6 is 0 Å². The van der Waals surface area contributed by atoms with Crippen LogP contribution in [0.25, 0.3) is 11.6 Å². The Morgan fingerprint density at radius 2 is 1.90 bits per heavy atom. The fourth-order valence-electron chi connectivity index (χ4n) is 4.22. The fourth-order valence-corrected chi connectivity index (χ4v) is 4.22. The van der Waals surface area contributed by atoms with Crippen molar-refractivity contribution < 1.29 is 22.7 Å². The summed E-state index contributed by atoms with van der Waals surface area (Å²) in [6, 6.07) is 4.40. The molecule has 11 heteroatoms. The summed E-state index contributed by atoms with van der Waals surface area (Å²) >= 11 is 0. The number of amides is 1. The van der Waals surface area contributed by atoms with Crippen molar-refractivity contribution in [1.29, 1.82) is 0 Å². The van der Waals surface area contributed by atoms with Crippen LogP contribution in [-0.2, 0) is 17.5 Å². The number of fused-ring (bicyclic) bond motifs is 4. The lowest BCUT2D eigenvalue weighted by Crippen LogP contribution is -2.56. The number of carbonyl (C=O) groups is 1. The molecule has 0 aliphatic carbocycles. The van der Waals surface area contributed by atoms with E-state index in [1.165, 1.54) is 19.1 Å². The number of ether oxygens (including phenoxy) is 1. The topological polar surface area (TPSA) is 86.0 Å². The normalized spacial score (nSPS) is 20.5. The first-order valence-electron chi connectivity index (χ1n) is 9.64. The Morgan fingerprint density at radius 1 is 1.13 bits per heavy atom. The molecule has 0 saturated carbocycles. The second kappa shape index (κ2) is 7.12. The van der Waals surface area contributed by atoms with Gasteiger partial charge in [0, 0.05) is 24.5 Å². The lowest BCUT2D eigenvalue weighted by atomic mass is 9.97. The van der Waals surface area contributed by atoms with Crippen LogP contribution in [0.4, 0.5) is 13.2 Å². The second-order valence-corrected chi connectivity index (χ2v) is 7.46. The minimum atomic E-state index is -4.54. The van der Waals surface area contributed by atoms with Gasteiger partial charge >= 0.3 is 6.18 Å². The van der Waals surface area contributed by atoms with Gasteiger partial charge in [-0.3, -0.25) is 4.79 Å². The van der Waals surface area contributed by atoms with Gasteiger partial charge in [-0.2, -0.15) is 13.2 Å². The standard InChI is InChI=1S/C20H17F3N6O2/c1-11-13(4-2-5-14(11)20(21,22)23)19(30)29-12-8-28-17(15(29)10-31-9-12)26-27-18(28)16-24-6-3-7-25-16/h2-7,12,15H,8-10H2,1H3. The summed E-state index contributed by atoms with van der Waals surface area (Å²) in [4.78, 5) is 23.4. The largest absolute Gasteiger partial charge is 0.416 e. The first-order valence-corrected chi connectivity index (χ1v) is 9.64. The summed E-state index contributed by atoms with van der Waals surface area (Å²) in [7, 11) is 0. The van der Waals surface area contributed by atoms with Crippen LogP contribution in [0.3, 0.4) is 0 Å². The van der Waals surface area contributed by atoms with E-state index in [4.69, 9.17) is 4.74 Å². The molecule has 4 heterocycles. The van der Waals surface area contributed by atoms with Gasteiger partial charge in [-0.1, -0.05) is 6.07 Å². The maximum atomic E-state index is 13.4. The monoisotopic (exact) mass is 430 g/mol. The van der Waals surface area contributed by atoms with Crippen LogP contribution in [0.15, 0.2) is 36.7 Å². The highest BCUT2D eigenvalue weighted by molar-refractivity contribution is 5.96. The maximum Gasteiger partial charge on any atom is 0.416 e. The lowest BCUT2D eigenvalue weighted by Gasteiger charge is -2.45. The number of morpholine rings is 1. The van der Waals surface area contributed by atoms with Crippen LogP contribution in [0.2, 0.25) is 0 Å². The van der Waals surface area contributed by atoms with Gasteiger partial charge in [0.15, 0.2) is 11.6 Å². The predicted octanol–water partition coefficient (Wildman–Crippen LogP) is 2.66. The lowest BCUT2D eigenvalue weighted by molar-refractivity contribution is -0.138. The average Bonchev–Trinajstić information content (AvgIpc) is 3.16. The van der Waals surface area contributed by atoms with Crippen LogP contribution < -0.4 is 0 Å². The minimum absolute atomic E-state index is 0.0197. The van der Waals surface area contributed by atoms with Crippen molar-refractivity contribution in [1.82, 2.24) is 29.6 Å². The number of hydrogen-bond acceptors (Lipinski definition) is 6. The summed E-state index contributed by atoms with van der Waals surface area (Å²) in [5.74, 6) is 0.911. The first kappa shape index (κ1) is 19.6. The van der Waals surface area contributed by atoms with E-state index in [9.17, 15) is 18.0 Å². The molecule has 2 aliphatic heterocycles. The van der Waals surface area contributed by atoms with Crippen LogP contribution in [-0.4, -0.2) is 54.8 Å². The second-order valence-electron chi connectivity index (χ2n) is 7.46. The summed E-state index contributed by atoms with van der Waals surface area (Å²) in [5.41, 5.74) is -0.890. The minimum Gasteiger partial charge on any atom is -0.377 e. The highest BCUT2D eigenvalue weighted by atomic mass is 19.4. The third-order valence-electron chi connectivity index (χ3n) is 5.66. The van der Waals surface area contributed by atoms with E-state index in [1.54, 1.807) is 23.4 Å². The Balaban J connectivity index is 1.55. The highest BCUT2D eigenvalue weighted by Gasteiger charge is 2.45. The molecule has 5 rings (SSSR count). The van der Waals surface area contributed by atoms with Crippen LogP contribution in [0, 0.1) is 6.92 Å². The van der Waals surface area contributed by atoms with Crippen LogP contribution in [0.1, 0.15) is 33.4 Å². The van der Waals surface area contributed by atoms with Crippen LogP contribution in [0.5, 0.6) is 0 Å². The molecule has 1 fully saturated rings. The van der Waals surface area contributed by atoms with Gasteiger partial charge in [-0.05, 0) is 30.7 Å². The molecule has 1 amide bonds. The molecule has 2 atom stereocenters. The number of nitrogens with zero attached hydrogens (tertiary/aromatic N) is 6. The van der Waals surface area contributed by atoms with Crippen molar-refractivity contribution in [2.45, 2.75) is 31.7 Å². The Hall–Kier alpha value is -3.34. The smallest absolute Gasteiger partial charge is 0.377 e. The molecule has 2 bridgehead atoms. The van der Waals surface area contributed by atoms with E-state index in [-0.39, 0.29) is 30.4 Å². The molecule has 31 heavy (non-hydrogen) atoms. The highest BCUT2D eigenvalue weighted by Crippen LogP contribution is 2.37. The molecule has 3 aromatic rings. The fraction of sp³-hybridized carbons (Fsp3) is 0.350. The Bertz CT molecular complexity index is 1150. The van der Waals surface area contributed by atoms with Gasteiger partial charge in [0.1, 0.15) is 6.04 Å². The SMILES string of the molecule is Cc1c(C(=O)N2C3COCC2c2nnc(-c4ncccn4)n2C3)cccc1C(F)(F)F. The van der Waals surface area contributed by atoms with Crippen molar-refractivity contribution in [3.8, 4) is 11.6 Å². The number of alkyl halides is 3. The number of aromatic nitrogens is 5. The zero-order valence-electron chi connectivity index (χ0n) is 16.4. The van der Waals surface area contributed by atoms with E-state index in [1.807, 2.05) is 4.57 Å². The molecule has 160 valence electrons. The average molecular weight is 430 g/mol. The Kier molecular flexibility index (Phi) is 4.50. The number of hydrogen-bond donors (Lipinski definition) is 0. The number of carbonyl (C=O) groups excluding carboxylic acids is 1. The summed E-state index contributed by atoms with van der Waals surface area (Å²) in [6.07, 6.45) is -1.34. The predicted molar refractivity (Wildman–Crippen MR) is 101 cm³/mol. The molecule has 8 nitrogen and oxygen atoms in total. The van der Waals surface area contributed by atoms with Crippen molar-refractivity contribution >= 4 is 5.91 Å². The van der Waals surface area contributed by atoms with Gasteiger partial charge in [0.05, 0.1) is 24.8 Å². The van der Waals surface area contributed by atoms with Gasteiger partial charge in [-0.25, -0.2) is 9.97 Å². The zero-order chi connectivity index (χ0) is 21.8. The Labute approximate surface area is 174 Å². The molecular weight excluding hydrogens is 413 g/mol. The first-order chi connectivity index (χ1) is 14.9. The van der Waals surface area contributed by atoms with Crippen molar-refractivity contribution in [2.24, 2.45) is 0 Å². The molecule has 0 spiro atoms. The summed E-state index contributed by atoms with van der Waals surface area (Å²) in [6.45, 7) is 2.08. The van der Waals surface area contributed by atoms with E-state index in [2.05, 4.69) is 20.2 Å². The van der Waals surface area contributed by atoms with E-state index in [0.29, 0.717) is 24.0 Å². The van der Waals surface area contributed by atoms with Gasteiger partial charge in [0.2, 0.25) is 5.82 Å². The number of halogens is 3. The Morgan fingerprint density at radius 3 is 2.65 bits per heavy atom. The molecule has 1 aromatic carbocycles. The van der Waals surface area contributed by atoms with Crippen molar-refractivity contribution in [2.75, 3.05) is 13.2 Å². The van der Waals surface area contributed by atoms with Crippen molar-refractivity contribution in [3.63, 3.8) is 0 Å². The molecule has 2 aromatic heterocycles. The van der Waals surface area contributed by atoms with E-state index in [0.717, 1.165) is 6.07 Å². The van der Waals surface area contributed by atoms with E-state index >= 15 is 0 Å². The maximum absolute atomic E-state index is 13.4. The summed E-state index contributed by atoms with van der Waals surface area (Å²) in [5, 5.41) is 8.44. The third-order valence-corrected chi connectivity index (χ3v) is 5.66. The quantitative estimate of drug-likeness (QED) is 0.622.